The number of hydrogen-bond acceptors (Lipinski definition) is 6. The van der Waals surface area contributed by atoms with Crippen LogP contribution < -0.4 is 20.3 Å². The molecular weight excluding hydrogens is 434 g/mol. The molecule has 178 valence electrons. The van der Waals surface area contributed by atoms with Crippen molar-refractivity contribution in [2.45, 2.75) is 44.2 Å². The van der Waals surface area contributed by atoms with Gasteiger partial charge < -0.3 is 20.5 Å². The summed E-state index contributed by atoms with van der Waals surface area (Å²) >= 11 is 0. The number of ether oxygens (including phenoxy) is 1. The molecule has 1 aliphatic heterocycles. The van der Waals surface area contributed by atoms with E-state index in [0.717, 1.165) is 32.1 Å². The SMILES string of the molecule is COc1ccc(N2C(=O)CNC=C(C(=O)c3ccccc3O)C2C(=O)NC2CCCCC2)cc1. The molecule has 8 heteroatoms. The Bertz CT molecular complexity index is 1090. The fraction of sp³-hybridized carbons (Fsp3) is 0.346. The van der Waals surface area contributed by atoms with E-state index in [0.29, 0.717) is 11.4 Å². The van der Waals surface area contributed by atoms with E-state index in [1.807, 2.05) is 0 Å². The number of nitrogens with one attached hydrogen (secondary N) is 2. The number of phenolic OH excluding ortho intramolecular Hbond substituents is 1. The number of amides is 2. The van der Waals surface area contributed by atoms with Gasteiger partial charge in [0.2, 0.25) is 11.8 Å². The number of carbonyl (C=O) groups excluding carboxylic acids is 3. The number of carbonyl (C=O) groups is 3. The van der Waals surface area contributed by atoms with Crippen molar-refractivity contribution in [2.75, 3.05) is 18.6 Å². The average molecular weight is 464 g/mol. The molecular formula is C26H29N3O5. The van der Waals surface area contributed by atoms with Crippen LogP contribution in [0, 0.1) is 0 Å². The number of methoxy groups -OCH3 is 1. The second-order valence-electron chi connectivity index (χ2n) is 8.53. The zero-order chi connectivity index (χ0) is 24.1. The normalized spacial score (nSPS) is 19.0. The van der Waals surface area contributed by atoms with Gasteiger partial charge in [-0.25, -0.2) is 0 Å². The summed E-state index contributed by atoms with van der Waals surface area (Å²) in [5, 5.41) is 16.2. The van der Waals surface area contributed by atoms with Crippen LogP contribution in [0.15, 0.2) is 60.3 Å². The van der Waals surface area contributed by atoms with Crippen LogP contribution in [0.25, 0.3) is 0 Å². The lowest BCUT2D eigenvalue weighted by atomic mass is 9.92. The quantitative estimate of drug-likeness (QED) is 0.569. The molecule has 1 saturated carbocycles. The first-order chi connectivity index (χ1) is 16.5. The molecule has 2 aromatic rings. The molecule has 0 bridgehead atoms. The number of phenols is 1. The van der Waals surface area contributed by atoms with Crippen LogP contribution in [0.5, 0.6) is 11.5 Å². The number of aromatic hydroxyl groups is 1. The van der Waals surface area contributed by atoms with E-state index in [-0.39, 0.29) is 35.4 Å². The molecule has 1 unspecified atom stereocenters. The Morgan fingerprint density at radius 2 is 1.76 bits per heavy atom. The Morgan fingerprint density at radius 1 is 1.06 bits per heavy atom. The van der Waals surface area contributed by atoms with Crippen LogP contribution in [-0.4, -0.2) is 48.4 Å². The molecule has 0 saturated heterocycles. The van der Waals surface area contributed by atoms with Crippen LogP contribution in [0.4, 0.5) is 5.69 Å². The van der Waals surface area contributed by atoms with Crippen LogP contribution in [0.3, 0.4) is 0 Å². The summed E-state index contributed by atoms with van der Waals surface area (Å²) < 4.78 is 5.22. The minimum absolute atomic E-state index is 0.00763. The highest BCUT2D eigenvalue weighted by atomic mass is 16.5. The molecule has 1 fully saturated rings. The van der Waals surface area contributed by atoms with Crippen LogP contribution in [-0.2, 0) is 9.59 Å². The molecule has 8 nitrogen and oxygen atoms in total. The Morgan fingerprint density at radius 3 is 2.44 bits per heavy atom. The smallest absolute Gasteiger partial charge is 0.248 e. The monoisotopic (exact) mass is 463 g/mol. The van der Waals surface area contributed by atoms with Gasteiger partial charge in [0.25, 0.3) is 0 Å². The number of nitrogens with zero attached hydrogens (tertiary/aromatic N) is 1. The lowest BCUT2D eigenvalue weighted by Gasteiger charge is -2.32. The number of hydrogen-bond donors (Lipinski definition) is 3. The van der Waals surface area contributed by atoms with Crippen molar-refractivity contribution in [1.82, 2.24) is 10.6 Å². The Hall–Kier alpha value is -3.81. The third-order valence-corrected chi connectivity index (χ3v) is 6.29. The highest BCUT2D eigenvalue weighted by Gasteiger charge is 2.40. The molecule has 0 spiro atoms. The van der Waals surface area contributed by atoms with Gasteiger partial charge >= 0.3 is 0 Å². The van der Waals surface area contributed by atoms with Gasteiger partial charge in [0.05, 0.1) is 19.2 Å². The third kappa shape index (κ3) is 4.90. The predicted octanol–water partition coefficient (Wildman–Crippen LogP) is 2.92. The van der Waals surface area contributed by atoms with Gasteiger partial charge in [-0.3, -0.25) is 19.3 Å². The van der Waals surface area contributed by atoms with Gasteiger partial charge in [-0.1, -0.05) is 31.4 Å². The van der Waals surface area contributed by atoms with Gasteiger partial charge in [0, 0.05) is 23.5 Å². The van der Waals surface area contributed by atoms with Crippen molar-refractivity contribution in [1.29, 1.82) is 0 Å². The number of para-hydroxylation sites is 1. The van der Waals surface area contributed by atoms with Crippen molar-refractivity contribution in [3.63, 3.8) is 0 Å². The predicted molar refractivity (Wildman–Crippen MR) is 128 cm³/mol. The van der Waals surface area contributed by atoms with Crippen molar-refractivity contribution < 1.29 is 24.2 Å². The molecule has 2 aliphatic rings. The van der Waals surface area contributed by atoms with Crippen molar-refractivity contribution in [2.24, 2.45) is 0 Å². The van der Waals surface area contributed by atoms with Crippen LogP contribution >= 0.6 is 0 Å². The molecule has 0 radical (unpaired) electrons. The topological polar surface area (TPSA) is 108 Å². The van der Waals surface area contributed by atoms with Crippen LogP contribution in [0.2, 0.25) is 0 Å². The second-order valence-corrected chi connectivity index (χ2v) is 8.53. The highest BCUT2D eigenvalue weighted by molar-refractivity contribution is 6.17. The maximum atomic E-state index is 13.7. The molecule has 2 aromatic carbocycles. The summed E-state index contributed by atoms with van der Waals surface area (Å²) in [5.74, 6) is -0.887. The molecule has 1 heterocycles. The van der Waals surface area contributed by atoms with E-state index in [9.17, 15) is 19.5 Å². The molecule has 2 amide bonds. The van der Waals surface area contributed by atoms with Crippen LogP contribution in [0.1, 0.15) is 42.5 Å². The standard InChI is InChI=1S/C26H29N3O5/c1-34-19-13-11-18(12-14-19)29-23(31)16-27-15-21(25(32)20-9-5-6-10-22(20)30)24(29)26(33)28-17-7-3-2-4-8-17/h5-6,9-15,17,24,27,30H,2-4,7-8,16H2,1H3,(H,28,33). The van der Waals surface area contributed by atoms with Gasteiger partial charge in [0.15, 0.2) is 5.78 Å². The molecule has 1 atom stereocenters. The maximum absolute atomic E-state index is 13.7. The number of benzene rings is 2. The van der Waals surface area contributed by atoms with Gasteiger partial charge in [0.1, 0.15) is 17.5 Å². The maximum Gasteiger partial charge on any atom is 0.248 e. The van der Waals surface area contributed by atoms with Crippen molar-refractivity contribution in [3.8, 4) is 11.5 Å². The minimum atomic E-state index is -1.20. The lowest BCUT2D eigenvalue weighted by Crippen LogP contribution is -2.54. The first-order valence-electron chi connectivity index (χ1n) is 11.5. The third-order valence-electron chi connectivity index (χ3n) is 6.29. The Labute approximate surface area is 198 Å². The molecule has 34 heavy (non-hydrogen) atoms. The van der Waals surface area contributed by atoms with E-state index in [4.69, 9.17) is 4.74 Å². The van der Waals surface area contributed by atoms with Crippen molar-refractivity contribution in [3.05, 3.63) is 65.9 Å². The fourth-order valence-corrected chi connectivity index (χ4v) is 4.53. The van der Waals surface area contributed by atoms with E-state index < -0.39 is 17.7 Å². The summed E-state index contributed by atoms with van der Waals surface area (Å²) in [4.78, 5) is 41.8. The summed E-state index contributed by atoms with van der Waals surface area (Å²) in [6.07, 6.45) is 6.32. The zero-order valence-corrected chi connectivity index (χ0v) is 19.1. The summed E-state index contributed by atoms with van der Waals surface area (Å²) in [5.41, 5.74) is 0.612. The zero-order valence-electron chi connectivity index (χ0n) is 19.1. The highest BCUT2D eigenvalue weighted by Crippen LogP contribution is 2.29. The summed E-state index contributed by atoms with van der Waals surface area (Å²) in [6.45, 7) is -0.0865. The van der Waals surface area contributed by atoms with E-state index >= 15 is 0 Å². The lowest BCUT2D eigenvalue weighted by molar-refractivity contribution is -0.125. The summed E-state index contributed by atoms with van der Waals surface area (Å²) in [6, 6.07) is 11.7. The molecule has 1 aliphatic carbocycles. The van der Waals surface area contributed by atoms with Crippen molar-refractivity contribution >= 4 is 23.3 Å². The Balaban J connectivity index is 1.76. The first kappa shape index (κ1) is 23.4. The fourth-order valence-electron chi connectivity index (χ4n) is 4.53. The number of anilines is 1. The van der Waals surface area contributed by atoms with Gasteiger partial charge in [-0.2, -0.15) is 0 Å². The summed E-state index contributed by atoms with van der Waals surface area (Å²) in [7, 11) is 1.54. The molecule has 3 N–H and O–H groups in total. The second kappa shape index (κ2) is 10.4. The first-order valence-corrected chi connectivity index (χ1v) is 11.5. The average Bonchev–Trinajstić information content (AvgIpc) is 3.03. The molecule has 4 rings (SSSR count). The van der Waals surface area contributed by atoms with Gasteiger partial charge in [-0.05, 0) is 49.2 Å². The van der Waals surface area contributed by atoms with E-state index in [1.54, 1.807) is 43.5 Å². The number of Topliss-reactive ketones (excluding diaryl/α,β-unsaturated/α-hetero) is 1. The number of rotatable bonds is 6. The number of ketones is 1. The minimum Gasteiger partial charge on any atom is -0.507 e. The van der Waals surface area contributed by atoms with E-state index in [2.05, 4.69) is 10.6 Å². The van der Waals surface area contributed by atoms with E-state index in [1.165, 1.54) is 23.2 Å². The molecule has 0 aromatic heterocycles. The van der Waals surface area contributed by atoms with Gasteiger partial charge in [-0.15, -0.1) is 0 Å². The Kier molecular flexibility index (Phi) is 7.15. The largest absolute Gasteiger partial charge is 0.507 e.